The molecule has 142 valence electrons. The molecule has 1 saturated heterocycles. The highest BCUT2D eigenvalue weighted by Gasteiger charge is 2.36. The van der Waals surface area contributed by atoms with Gasteiger partial charge in [0.2, 0.25) is 5.91 Å². The van der Waals surface area contributed by atoms with Gasteiger partial charge >= 0.3 is 0 Å². The molecule has 0 saturated carbocycles. The van der Waals surface area contributed by atoms with Crippen molar-refractivity contribution in [2.24, 2.45) is 0 Å². The molecule has 0 radical (unpaired) electrons. The molecule has 1 unspecified atom stereocenters. The number of ether oxygens (including phenoxy) is 2. The fraction of sp³-hybridized carbons (Fsp3) is 0.550. The summed E-state index contributed by atoms with van der Waals surface area (Å²) in [6.07, 6.45) is 12.6. The fourth-order valence-corrected chi connectivity index (χ4v) is 5.01. The summed E-state index contributed by atoms with van der Waals surface area (Å²) >= 11 is 3.49. The van der Waals surface area contributed by atoms with Crippen molar-refractivity contribution >= 4 is 29.4 Å². The lowest BCUT2D eigenvalue weighted by molar-refractivity contribution is -0.127. The van der Waals surface area contributed by atoms with Gasteiger partial charge in [-0.05, 0) is 12.8 Å². The van der Waals surface area contributed by atoms with Crippen molar-refractivity contribution in [1.29, 1.82) is 0 Å². The molecule has 0 bridgehead atoms. The molecule has 1 amide bonds. The van der Waals surface area contributed by atoms with Crippen molar-refractivity contribution in [1.82, 2.24) is 4.90 Å². The molecule has 1 atom stereocenters. The van der Waals surface area contributed by atoms with E-state index in [0.29, 0.717) is 5.75 Å². The quantitative estimate of drug-likeness (QED) is 0.647. The van der Waals surface area contributed by atoms with Gasteiger partial charge in [0.1, 0.15) is 23.7 Å². The summed E-state index contributed by atoms with van der Waals surface area (Å²) < 4.78 is 11.9. The molecular formula is C20H27NO3S2. The van der Waals surface area contributed by atoms with E-state index in [0.717, 1.165) is 43.1 Å². The van der Waals surface area contributed by atoms with Crippen LogP contribution in [0.25, 0.3) is 0 Å². The summed E-state index contributed by atoms with van der Waals surface area (Å²) in [5, 5.41) is -0.0907. The predicted molar refractivity (Wildman–Crippen MR) is 110 cm³/mol. The minimum absolute atomic E-state index is 0.0907. The van der Waals surface area contributed by atoms with Crippen LogP contribution in [0.5, 0.6) is 0 Å². The van der Waals surface area contributed by atoms with Crippen molar-refractivity contribution < 1.29 is 14.3 Å². The van der Waals surface area contributed by atoms with E-state index in [1.165, 1.54) is 5.57 Å². The number of thioether (sulfide) groups is 2. The van der Waals surface area contributed by atoms with Gasteiger partial charge in [-0.1, -0.05) is 44.6 Å². The van der Waals surface area contributed by atoms with Crippen molar-refractivity contribution in [2.75, 3.05) is 18.1 Å². The summed E-state index contributed by atoms with van der Waals surface area (Å²) in [7, 11) is 0. The van der Waals surface area contributed by atoms with Gasteiger partial charge in [-0.15, -0.1) is 11.8 Å². The lowest BCUT2D eigenvalue weighted by Gasteiger charge is -2.28. The van der Waals surface area contributed by atoms with Gasteiger partial charge in [0.25, 0.3) is 0 Å². The first-order valence-electron chi connectivity index (χ1n) is 9.04. The Morgan fingerprint density at radius 3 is 2.92 bits per heavy atom. The Hall–Kier alpha value is -1.27. The molecule has 2 aliphatic heterocycles. The van der Waals surface area contributed by atoms with Crippen LogP contribution < -0.4 is 0 Å². The Bertz CT molecular complexity index is 658. The number of allylic oxidation sites excluding steroid dienone is 4. The van der Waals surface area contributed by atoms with Gasteiger partial charge in [-0.2, -0.15) is 11.8 Å². The standard InChI is InChI=1S/C20H27NO3S2/c1-20(2,3)26-10-9-21-18(22)14-25-19(21)17-13-23-12-16(24-17)11-15-7-5-4-6-8-15/h4-5,7,12-13,19H,6,8-11,14H2,1-3H3. The lowest BCUT2D eigenvalue weighted by Crippen LogP contribution is -2.37. The molecule has 1 fully saturated rings. The van der Waals surface area contributed by atoms with E-state index >= 15 is 0 Å². The molecule has 1 aliphatic carbocycles. The van der Waals surface area contributed by atoms with Crippen LogP contribution >= 0.6 is 23.5 Å². The Balaban J connectivity index is 1.58. The van der Waals surface area contributed by atoms with Gasteiger partial charge in [0, 0.05) is 23.5 Å². The second kappa shape index (κ2) is 8.61. The van der Waals surface area contributed by atoms with Crippen LogP contribution in [0.4, 0.5) is 0 Å². The van der Waals surface area contributed by atoms with Crippen molar-refractivity contribution in [3.63, 3.8) is 0 Å². The van der Waals surface area contributed by atoms with E-state index in [-0.39, 0.29) is 16.0 Å². The molecule has 0 spiro atoms. The summed E-state index contributed by atoms with van der Waals surface area (Å²) in [5.74, 6) is 3.14. The molecule has 26 heavy (non-hydrogen) atoms. The van der Waals surface area contributed by atoms with Crippen LogP contribution in [0.2, 0.25) is 0 Å². The van der Waals surface area contributed by atoms with Crippen LogP contribution in [-0.2, 0) is 14.3 Å². The Morgan fingerprint density at radius 2 is 2.19 bits per heavy atom. The van der Waals surface area contributed by atoms with Crippen LogP contribution in [0.1, 0.15) is 40.0 Å². The third-order valence-corrected chi connectivity index (χ3v) is 6.68. The summed E-state index contributed by atoms with van der Waals surface area (Å²) in [6.45, 7) is 7.32. The first-order valence-corrected chi connectivity index (χ1v) is 11.1. The van der Waals surface area contributed by atoms with Gasteiger partial charge in [-0.25, -0.2) is 0 Å². The maximum Gasteiger partial charge on any atom is 0.233 e. The van der Waals surface area contributed by atoms with E-state index in [9.17, 15) is 4.79 Å². The lowest BCUT2D eigenvalue weighted by atomic mass is 10.0. The molecule has 4 nitrogen and oxygen atoms in total. The third kappa shape index (κ3) is 5.36. The molecule has 0 aromatic rings. The minimum atomic E-state index is -0.0907. The number of amides is 1. The summed E-state index contributed by atoms with van der Waals surface area (Å²) in [5.41, 5.74) is 1.34. The van der Waals surface area contributed by atoms with Crippen LogP contribution in [0.3, 0.4) is 0 Å². The molecule has 3 rings (SSSR count). The van der Waals surface area contributed by atoms with Crippen LogP contribution in [-0.4, -0.2) is 39.0 Å². The first kappa shape index (κ1) is 19.5. The number of nitrogens with zero attached hydrogens (tertiary/aromatic N) is 1. The van der Waals surface area contributed by atoms with Crippen LogP contribution in [0.15, 0.2) is 47.8 Å². The third-order valence-electron chi connectivity index (χ3n) is 4.21. The highest BCUT2D eigenvalue weighted by atomic mass is 32.2. The van der Waals surface area contributed by atoms with Crippen molar-refractivity contribution in [2.45, 2.75) is 50.2 Å². The maximum absolute atomic E-state index is 12.3. The smallest absolute Gasteiger partial charge is 0.233 e. The average Bonchev–Trinajstić information content (AvgIpc) is 2.96. The first-order chi connectivity index (χ1) is 12.4. The highest BCUT2D eigenvalue weighted by molar-refractivity contribution is 8.01. The van der Waals surface area contributed by atoms with Crippen LogP contribution in [0, 0.1) is 0 Å². The minimum Gasteiger partial charge on any atom is -0.465 e. The number of hydrogen-bond acceptors (Lipinski definition) is 5. The molecular weight excluding hydrogens is 366 g/mol. The predicted octanol–water partition coefficient (Wildman–Crippen LogP) is 4.82. The van der Waals surface area contributed by atoms with Gasteiger partial charge < -0.3 is 14.4 Å². The zero-order valence-corrected chi connectivity index (χ0v) is 17.3. The van der Waals surface area contributed by atoms with E-state index in [4.69, 9.17) is 9.47 Å². The maximum atomic E-state index is 12.3. The van der Waals surface area contributed by atoms with E-state index < -0.39 is 0 Å². The topological polar surface area (TPSA) is 38.8 Å². The van der Waals surface area contributed by atoms with E-state index in [1.807, 2.05) is 16.7 Å². The zero-order chi connectivity index (χ0) is 18.6. The zero-order valence-electron chi connectivity index (χ0n) is 15.7. The highest BCUT2D eigenvalue weighted by Crippen LogP contribution is 2.35. The van der Waals surface area contributed by atoms with Gasteiger partial charge in [0.05, 0.1) is 5.75 Å². The molecule has 0 aromatic carbocycles. The number of carbonyl (C=O) groups excluding carboxylic acids is 1. The number of carbonyl (C=O) groups is 1. The van der Waals surface area contributed by atoms with E-state index in [2.05, 4.69) is 39.0 Å². The average molecular weight is 394 g/mol. The number of hydrogen-bond donors (Lipinski definition) is 0. The van der Waals surface area contributed by atoms with Gasteiger partial charge in [-0.3, -0.25) is 4.79 Å². The number of rotatable bonds is 6. The molecule has 3 aliphatic rings. The van der Waals surface area contributed by atoms with Crippen molar-refractivity contribution in [3.8, 4) is 0 Å². The Morgan fingerprint density at radius 1 is 1.35 bits per heavy atom. The Labute approximate surface area is 164 Å². The SMILES string of the molecule is CC(C)(C)SCCN1C(=O)CSC1C1=COC=C(CC2=CC=CCC2)O1. The Kier molecular flexibility index (Phi) is 6.46. The largest absolute Gasteiger partial charge is 0.465 e. The monoisotopic (exact) mass is 393 g/mol. The summed E-state index contributed by atoms with van der Waals surface area (Å²) in [4.78, 5) is 14.2. The van der Waals surface area contributed by atoms with Crippen molar-refractivity contribution in [3.05, 3.63) is 47.8 Å². The summed E-state index contributed by atoms with van der Waals surface area (Å²) in [6, 6.07) is 0. The molecule has 0 N–H and O–H groups in total. The van der Waals surface area contributed by atoms with E-state index in [1.54, 1.807) is 24.3 Å². The molecule has 2 heterocycles. The second-order valence-corrected chi connectivity index (χ2v) is 10.5. The normalized spacial score (nSPS) is 23.2. The molecule has 0 aromatic heterocycles. The molecule has 6 heteroatoms. The second-order valence-electron chi connectivity index (χ2n) is 7.52. The fourth-order valence-electron chi connectivity index (χ4n) is 2.97. The van der Waals surface area contributed by atoms with Gasteiger partial charge in [0.15, 0.2) is 5.76 Å².